The van der Waals surface area contributed by atoms with E-state index in [9.17, 15) is 13.2 Å². The Bertz CT molecular complexity index is 1230. The fraction of sp³-hybridized carbons (Fsp3) is 0.435. The van der Waals surface area contributed by atoms with Gasteiger partial charge in [-0.1, -0.05) is 13.0 Å². The van der Waals surface area contributed by atoms with Crippen molar-refractivity contribution in [2.45, 2.75) is 57.4 Å². The Labute approximate surface area is 188 Å². The molecular formula is C23H29N5O3S. The van der Waals surface area contributed by atoms with Crippen LogP contribution in [0, 0.1) is 6.92 Å². The monoisotopic (exact) mass is 455 g/mol. The van der Waals surface area contributed by atoms with Gasteiger partial charge in [0.2, 0.25) is 15.9 Å². The van der Waals surface area contributed by atoms with Gasteiger partial charge in [0.25, 0.3) is 0 Å². The molecule has 2 aromatic heterocycles. The van der Waals surface area contributed by atoms with Crippen LogP contribution >= 0.6 is 0 Å². The Hall–Kier alpha value is -2.78. The van der Waals surface area contributed by atoms with E-state index < -0.39 is 10.0 Å². The molecule has 1 saturated heterocycles. The molecule has 1 aliphatic heterocycles. The molecule has 1 amide bonds. The molecule has 0 saturated carbocycles. The molecule has 0 spiro atoms. The molecule has 0 bridgehead atoms. The Morgan fingerprint density at radius 2 is 1.91 bits per heavy atom. The number of carbonyl (C=O) groups is 1. The van der Waals surface area contributed by atoms with E-state index in [-0.39, 0.29) is 17.2 Å². The highest BCUT2D eigenvalue weighted by Gasteiger charge is 2.27. The summed E-state index contributed by atoms with van der Waals surface area (Å²) in [7, 11) is -3.50. The van der Waals surface area contributed by atoms with E-state index in [4.69, 9.17) is 4.98 Å². The molecule has 0 radical (unpaired) electrons. The van der Waals surface area contributed by atoms with Crippen LogP contribution in [0.2, 0.25) is 0 Å². The summed E-state index contributed by atoms with van der Waals surface area (Å²) in [5, 5.41) is 2.83. The third kappa shape index (κ3) is 4.68. The normalized spacial score (nSPS) is 14.8. The number of aryl methyl sites for hydroxylation is 3. The van der Waals surface area contributed by atoms with E-state index >= 15 is 0 Å². The van der Waals surface area contributed by atoms with Crippen LogP contribution in [0.15, 0.2) is 41.3 Å². The molecular weight excluding hydrogens is 426 g/mol. The highest BCUT2D eigenvalue weighted by Crippen LogP contribution is 2.26. The van der Waals surface area contributed by atoms with E-state index in [0.717, 1.165) is 42.8 Å². The fourth-order valence-electron chi connectivity index (χ4n) is 4.10. The standard InChI is InChI=1S/C23H29N5O3S/c1-3-13-28-20-10-9-18(32(30,31)27-14-4-5-15-27)16-19(20)25-22(28)11-12-23(29)26-21-8-6-7-17(2)24-21/h6-10,16H,3-5,11-15H2,1-2H3,(H,24,26,29). The molecule has 32 heavy (non-hydrogen) atoms. The van der Waals surface area contributed by atoms with Crippen molar-refractivity contribution in [3.8, 4) is 0 Å². The SMILES string of the molecule is CCCn1c(CCC(=O)Nc2cccc(C)n2)nc2cc(S(=O)(=O)N3CCCC3)ccc21. The lowest BCUT2D eigenvalue weighted by Crippen LogP contribution is -2.27. The van der Waals surface area contributed by atoms with Crippen LogP contribution in [0.4, 0.5) is 5.82 Å². The van der Waals surface area contributed by atoms with E-state index in [2.05, 4.69) is 21.8 Å². The second-order valence-corrected chi connectivity index (χ2v) is 10.1. The summed E-state index contributed by atoms with van der Waals surface area (Å²) in [5.41, 5.74) is 2.38. The first-order valence-electron chi connectivity index (χ1n) is 11.1. The summed E-state index contributed by atoms with van der Waals surface area (Å²) in [6.07, 6.45) is 3.43. The van der Waals surface area contributed by atoms with Crippen molar-refractivity contribution in [1.82, 2.24) is 18.8 Å². The number of pyridine rings is 1. The largest absolute Gasteiger partial charge is 0.328 e. The van der Waals surface area contributed by atoms with Crippen LogP contribution in [0.25, 0.3) is 11.0 Å². The summed E-state index contributed by atoms with van der Waals surface area (Å²) in [4.78, 5) is 21.7. The predicted molar refractivity (Wildman–Crippen MR) is 124 cm³/mol. The molecule has 4 rings (SSSR count). The van der Waals surface area contributed by atoms with Gasteiger partial charge in [0.1, 0.15) is 11.6 Å². The second-order valence-electron chi connectivity index (χ2n) is 8.15. The third-order valence-corrected chi connectivity index (χ3v) is 7.57. The van der Waals surface area contributed by atoms with Gasteiger partial charge in [-0.3, -0.25) is 4.79 Å². The van der Waals surface area contributed by atoms with Crippen LogP contribution in [0.1, 0.15) is 44.1 Å². The number of fused-ring (bicyclic) bond motifs is 1. The number of imidazole rings is 1. The van der Waals surface area contributed by atoms with E-state index in [1.165, 1.54) is 0 Å². The zero-order valence-corrected chi connectivity index (χ0v) is 19.4. The van der Waals surface area contributed by atoms with Crippen molar-refractivity contribution >= 4 is 32.8 Å². The first-order chi connectivity index (χ1) is 15.4. The summed E-state index contributed by atoms with van der Waals surface area (Å²) < 4.78 is 29.5. The molecule has 170 valence electrons. The molecule has 0 unspecified atom stereocenters. The summed E-state index contributed by atoms with van der Waals surface area (Å²) >= 11 is 0. The molecule has 3 heterocycles. The molecule has 1 aliphatic rings. The molecule has 1 fully saturated rings. The number of carbonyl (C=O) groups excluding carboxylic acids is 1. The van der Waals surface area contributed by atoms with Gasteiger partial charge < -0.3 is 9.88 Å². The summed E-state index contributed by atoms with van der Waals surface area (Å²) in [6, 6.07) is 10.7. The van der Waals surface area contributed by atoms with Gasteiger partial charge in [-0.25, -0.2) is 18.4 Å². The maximum Gasteiger partial charge on any atom is 0.243 e. The number of sulfonamides is 1. The van der Waals surface area contributed by atoms with E-state index in [1.807, 2.05) is 25.1 Å². The minimum atomic E-state index is -3.50. The Kier molecular flexibility index (Phi) is 6.57. The number of aromatic nitrogens is 3. The maximum atomic E-state index is 12.9. The van der Waals surface area contributed by atoms with Crippen molar-refractivity contribution in [2.75, 3.05) is 18.4 Å². The van der Waals surface area contributed by atoms with Crippen molar-refractivity contribution in [1.29, 1.82) is 0 Å². The van der Waals surface area contributed by atoms with Crippen LogP contribution in [-0.4, -0.2) is 46.3 Å². The molecule has 3 aromatic rings. The first-order valence-corrected chi connectivity index (χ1v) is 12.6. The van der Waals surface area contributed by atoms with Crippen molar-refractivity contribution < 1.29 is 13.2 Å². The Balaban J connectivity index is 1.55. The first kappa shape index (κ1) is 22.4. The quantitative estimate of drug-likeness (QED) is 0.561. The van der Waals surface area contributed by atoms with Crippen LogP contribution in [0.5, 0.6) is 0 Å². The van der Waals surface area contributed by atoms with Gasteiger partial charge in [0.05, 0.1) is 15.9 Å². The lowest BCUT2D eigenvalue weighted by atomic mass is 10.2. The topological polar surface area (TPSA) is 97.2 Å². The van der Waals surface area contributed by atoms with E-state index in [0.29, 0.717) is 30.8 Å². The lowest BCUT2D eigenvalue weighted by molar-refractivity contribution is -0.116. The van der Waals surface area contributed by atoms with Gasteiger partial charge in [-0.05, 0) is 56.5 Å². The molecule has 8 nitrogen and oxygen atoms in total. The maximum absolute atomic E-state index is 12.9. The zero-order chi connectivity index (χ0) is 22.7. The smallest absolute Gasteiger partial charge is 0.243 e. The number of amides is 1. The average Bonchev–Trinajstić information content (AvgIpc) is 3.41. The number of hydrogen-bond acceptors (Lipinski definition) is 5. The molecule has 0 atom stereocenters. The van der Waals surface area contributed by atoms with Crippen molar-refractivity contribution in [3.63, 3.8) is 0 Å². The Morgan fingerprint density at radius 1 is 1.12 bits per heavy atom. The van der Waals surface area contributed by atoms with Gasteiger partial charge >= 0.3 is 0 Å². The highest BCUT2D eigenvalue weighted by atomic mass is 32.2. The van der Waals surface area contributed by atoms with Crippen LogP contribution in [0.3, 0.4) is 0 Å². The number of benzene rings is 1. The van der Waals surface area contributed by atoms with Gasteiger partial charge in [0, 0.05) is 38.2 Å². The number of rotatable bonds is 8. The zero-order valence-electron chi connectivity index (χ0n) is 18.5. The van der Waals surface area contributed by atoms with Crippen molar-refractivity contribution in [2.24, 2.45) is 0 Å². The van der Waals surface area contributed by atoms with Crippen LogP contribution < -0.4 is 5.32 Å². The third-order valence-electron chi connectivity index (χ3n) is 5.68. The number of hydrogen-bond donors (Lipinski definition) is 1. The fourth-order valence-corrected chi connectivity index (χ4v) is 5.64. The van der Waals surface area contributed by atoms with Gasteiger partial charge in [-0.2, -0.15) is 4.31 Å². The number of nitrogens with one attached hydrogen (secondary N) is 1. The molecule has 1 N–H and O–H groups in total. The average molecular weight is 456 g/mol. The molecule has 0 aliphatic carbocycles. The Morgan fingerprint density at radius 3 is 2.62 bits per heavy atom. The second kappa shape index (κ2) is 9.38. The predicted octanol–water partition coefficient (Wildman–Crippen LogP) is 3.51. The highest BCUT2D eigenvalue weighted by molar-refractivity contribution is 7.89. The van der Waals surface area contributed by atoms with Crippen molar-refractivity contribution in [3.05, 3.63) is 47.9 Å². The summed E-state index contributed by atoms with van der Waals surface area (Å²) in [5.74, 6) is 1.19. The molecule has 9 heteroatoms. The number of nitrogens with zero attached hydrogens (tertiary/aromatic N) is 4. The summed E-state index contributed by atoms with van der Waals surface area (Å²) in [6.45, 7) is 5.85. The minimum Gasteiger partial charge on any atom is -0.328 e. The van der Waals surface area contributed by atoms with E-state index in [1.54, 1.807) is 22.5 Å². The van der Waals surface area contributed by atoms with Gasteiger partial charge in [-0.15, -0.1) is 0 Å². The molecule has 1 aromatic carbocycles. The minimum absolute atomic E-state index is 0.129. The van der Waals surface area contributed by atoms with Gasteiger partial charge in [0.15, 0.2) is 0 Å². The lowest BCUT2D eigenvalue weighted by Gasteiger charge is -2.15. The number of anilines is 1. The van der Waals surface area contributed by atoms with Crippen LogP contribution in [-0.2, 0) is 27.8 Å².